The number of carboxylic acid groups (broad SMARTS) is 1. The summed E-state index contributed by atoms with van der Waals surface area (Å²) in [7, 11) is 1.21. The van der Waals surface area contributed by atoms with Crippen LogP contribution in [0.1, 0.15) is 37.9 Å². The van der Waals surface area contributed by atoms with E-state index in [1.165, 1.54) is 25.3 Å². The van der Waals surface area contributed by atoms with Crippen molar-refractivity contribution in [1.29, 1.82) is 5.26 Å². The van der Waals surface area contributed by atoms with Crippen LogP contribution in [0, 0.1) is 32.1 Å². The third-order valence-corrected chi connectivity index (χ3v) is 10.5. The highest BCUT2D eigenvalue weighted by Gasteiger charge is 2.47. The van der Waals surface area contributed by atoms with Gasteiger partial charge in [-0.15, -0.1) is 11.3 Å². The molecule has 1 unspecified atom stereocenters. The van der Waals surface area contributed by atoms with Gasteiger partial charge >= 0.3 is 18.3 Å². The Morgan fingerprint density at radius 3 is 2.45 bits per heavy atom. The lowest BCUT2D eigenvalue weighted by molar-refractivity contribution is -0.180. The standard InChI is InChI=1S/C35H29ClF6N6O4S/c1-16-11-21(31-29(44-16)27(33(50)51)17(2)53-31)20-12-19(36)5-6-25(20)52-10-9-48-18(3)45-24-13-23(34(37,38)39)30(22(14-43)28(24)32(48)49)47-8-7-46(4)26(15-47)35(40,41)42/h5-6,11-13,26H,7-10,15H2,1-4H3,(H,50,51). The number of hydrogen-bond donors (Lipinski definition) is 1. The number of pyridine rings is 1. The summed E-state index contributed by atoms with van der Waals surface area (Å²) in [5, 5.41) is 19.9. The zero-order valence-electron chi connectivity index (χ0n) is 28.4. The number of fused-ring (bicyclic) bond motifs is 2. The second-order valence-electron chi connectivity index (χ2n) is 12.6. The monoisotopic (exact) mass is 778 g/mol. The van der Waals surface area contributed by atoms with Gasteiger partial charge in [-0.3, -0.25) is 19.2 Å². The third-order valence-electron chi connectivity index (χ3n) is 9.13. The average Bonchev–Trinajstić information content (AvgIpc) is 3.40. The molecule has 1 atom stereocenters. The van der Waals surface area contributed by atoms with Crippen LogP contribution in [0.2, 0.25) is 5.02 Å². The van der Waals surface area contributed by atoms with Crippen LogP contribution in [-0.2, 0) is 12.7 Å². The van der Waals surface area contributed by atoms with Gasteiger partial charge in [0.2, 0.25) is 0 Å². The summed E-state index contributed by atoms with van der Waals surface area (Å²) in [5.74, 6) is -0.807. The Morgan fingerprint density at radius 2 is 1.81 bits per heavy atom. The van der Waals surface area contributed by atoms with E-state index in [1.807, 2.05) is 0 Å². The smallest absolute Gasteiger partial charge is 0.418 e. The van der Waals surface area contributed by atoms with E-state index in [0.29, 0.717) is 48.8 Å². The van der Waals surface area contributed by atoms with Crippen molar-refractivity contribution in [3.05, 3.63) is 78.8 Å². The Bertz CT molecular complexity index is 2400. The van der Waals surface area contributed by atoms with Gasteiger partial charge in [0.05, 0.1) is 50.0 Å². The summed E-state index contributed by atoms with van der Waals surface area (Å²) in [6.07, 6.45) is -9.85. The maximum Gasteiger partial charge on any atom is 0.418 e. The molecule has 1 fully saturated rings. The lowest BCUT2D eigenvalue weighted by Gasteiger charge is -2.42. The first kappa shape index (κ1) is 37.8. The predicted octanol–water partition coefficient (Wildman–Crippen LogP) is 7.60. The molecule has 0 saturated carbocycles. The number of aromatic nitrogens is 3. The van der Waals surface area contributed by atoms with Gasteiger partial charge < -0.3 is 14.7 Å². The minimum absolute atomic E-state index is 0.00524. The van der Waals surface area contributed by atoms with Crippen molar-refractivity contribution in [3.63, 3.8) is 0 Å². The molecule has 6 rings (SSSR count). The number of aromatic carboxylic acids is 1. The fourth-order valence-corrected chi connectivity index (χ4v) is 7.96. The van der Waals surface area contributed by atoms with Gasteiger partial charge in [0.25, 0.3) is 5.56 Å². The number of alkyl halides is 6. The van der Waals surface area contributed by atoms with E-state index < -0.39 is 64.2 Å². The van der Waals surface area contributed by atoms with Gasteiger partial charge in [0.15, 0.2) is 0 Å². The van der Waals surface area contributed by atoms with E-state index >= 15 is 0 Å². The minimum atomic E-state index is -5.09. The molecule has 10 nitrogen and oxygen atoms in total. The van der Waals surface area contributed by atoms with E-state index in [2.05, 4.69) is 9.97 Å². The van der Waals surface area contributed by atoms with Gasteiger partial charge in [-0.2, -0.15) is 31.6 Å². The molecule has 4 heterocycles. The predicted molar refractivity (Wildman–Crippen MR) is 187 cm³/mol. The van der Waals surface area contributed by atoms with Gasteiger partial charge in [-0.25, -0.2) is 9.78 Å². The minimum Gasteiger partial charge on any atom is -0.491 e. The maximum atomic E-state index is 14.5. The summed E-state index contributed by atoms with van der Waals surface area (Å²) in [6.45, 7) is 3.02. The first-order valence-electron chi connectivity index (χ1n) is 16.0. The summed E-state index contributed by atoms with van der Waals surface area (Å²) in [4.78, 5) is 37.1. The number of nitrogens with zero attached hydrogens (tertiary/aromatic N) is 6. The van der Waals surface area contributed by atoms with Crippen molar-refractivity contribution < 1.29 is 41.0 Å². The number of benzene rings is 2. The van der Waals surface area contributed by atoms with Crippen LogP contribution in [0.15, 0.2) is 35.1 Å². The first-order valence-corrected chi connectivity index (χ1v) is 17.1. The number of piperazine rings is 1. The third kappa shape index (κ3) is 6.98. The lowest BCUT2D eigenvalue weighted by Crippen LogP contribution is -2.58. The highest BCUT2D eigenvalue weighted by atomic mass is 35.5. The van der Waals surface area contributed by atoms with Crippen LogP contribution >= 0.6 is 22.9 Å². The zero-order valence-corrected chi connectivity index (χ0v) is 30.0. The SMILES string of the molecule is Cc1cc(-c2cc(Cl)ccc2OCCn2c(C)nc3cc(C(F)(F)F)c(N4CCN(C)C(C(F)(F)F)C4)c(C#N)c3c2=O)c2sc(C)c(C(=O)O)c2n1. The molecule has 0 radical (unpaired) electrons. The summed E-state index contributed by atoms with van der Waals surface area (Å²) >= 11 is 7.61. The molecule has 0 bridgehead atoms. The number of nitriles is 1. The molecule has 2 aromatic carbocycles. The number of aryl methyl sites for hydroxylation is 3. The Morgan fingerprint density at radius 1 is 1.09 bits per heavy atom. The van der Waals surface area contributed by atoms with Gasteiger partial charge in [-0.05, 0) is 58.2 Å². The van der Waals surface area contributed by atoms with E-state index in [-0.39, 0.29) is 37.6 Å². The number of likely N-dealkylation sites (N-methyl/N-ethyl adjacent to an activating group) is 1. The van der Waals surface area contributed by atoms with Crippen LogP contribution in [0.4, 0.5) is 32.0 Å². The normalized spacial score (nSPS) is 15.7. The van der Waals surface area contributed by atoms with Crippen molar-refractivity contribution in [2.45, 2.75) is 45.7 Å². The number of anilines is 1. The second kappa shape index (κ2) is 13.8. The Balaban J connectivity index is 1.40. The van der Waals surface area contributed by atoms with Crippen LogP contribution in [0.25, 0.3) is 32.2 Å². The first-order chi connectivity index (χ1) is 24.8. The number of carboxylic acids is 1. The topological polar surface area (TPSA) is 125 Å². The molecule has 1 saturated heterocycles. The van der Waals surface area contributed by atoms with Crippen molar-refractivity contribution in [2.24, 2.45) is 0 Å². The Labute approximate surface area is 306 Å². The van der Waals surface area contributed by atoms with Gasteiger partial charge in [0, 0.05) is 46.4 Å². The molecule has 3 aromatic heterocycles. The van der Waals surface area contributed by atoms with Crippen LogP contribution in [0.5, 0.6) is 5.75 Å². The molecule has 0 spiro atoms. The molecule has 0 amide bonds. The van der Waals surface area contributed by atoms with Crippen molar-refractivity contribution in [1.82, 2.24) is 19.4 Å². The number of rotatable bonds is 7. The van der Waals surface area contributed by atoms with E-state index in [1.54, 1.807) is 44.2 Å². The van der Waals surface area contributed by atoms with Gasteiger partial charge in [-0.1, -0.05) is 11.6 Å². The van der Waals surface area contributed by atoms with E-state index in [9.17, 15) is 46.3 Å². The molecule has 1 aliphatic rings. The summed E-state index contributed by atoms with van der Waals surface area (Å²) < 4.78 is 92.9. The molecule has 278 valence electrons. The number of thiophene rings is 1. The number of halogens is 7. The number of ether oxygens (including phenoxy) is 1. The van der Waals surface area contributed by atoms with Crippen LogP contribution in [0.3, 0.4) is 0 Å². The molecule has 18 heteroatoms. The molecule has 1 aliphatic heterocycles. The second-order valence-corrected chi connectivity index (χ2v) is 14.2. The number of hydrogen-bond acceptors (Lipinski definition) is 9. The average molecular weight is 779 g/mol. The molecule has 5 aromatic rings. The molecule has 53 heavy (non-hydrogen) atoms. The van der Waals surface area contributed by atoms with Crippen molar-refractivity contribution in [2.75, 3.05) is 38.2 Å². The van der Waals surface area contributed by atoms with Crippen LogP contribution in [-0.4, -0.2) is 76.0 Å². The van der Waals surface area contributed by atoms with E-state index in [0.717, 1.165) is 14.4 Å². The quantitative estimate of drug-likeness (QED) is 0.166. The Hall–Kier alpha value is -4.92. The van der Waals surface area contributed by atoms with Crippen LogP contribution < -0.4 is 15.2 Å². The molecular weight excluding hydrogens is 750 g/mol. The van der Waals surface area contributed by atoms with E-state index in [4.69, 9.17) is 16.3 Å². The fraction of sp³-hybridized carbons (Fsp3) is 0.343. The number of carbonyl (C=O) groups is 1. The van der Waals surface area contributed by atoms with Crippen molar-refractivity contribution >= 4 is 55.7 Å². The largest absolute Gasteiger partial charge is 0.491 e. The Kier molecular flexibility index (Phi) is 9.86. The molecule has 1 N–H and O–H groups in total. The molecule has 0 aliphatic carbocycles. The van der Waals surface area contributed by atoms with Gasteiger partial charge in [0.1, 0.15) is 30.3 Å². The highest BCUT2D eigenvalue weighted by Crippen LogP contribution is 2.44. The highest BCUT2D eigenvalue weighted by molar-refractivity contribution is 7.20. The molecular formula is C35H29ClF6N6O4S. The summed E-state index contributed by atoms with van der Waals surface area (Å²) in [5.41, 5.74) is -2.17. The maximum absolute atomic E-state index is 14.5. The zero-order chi connectivity index (χ0) is 38.7. The lowest BCUT2D eigenvalue weighted by atomic mass is 9.99. The van der Waals surface area contributed by atoms with Crippen molar-refractivity contribution in [3.8, 4) is 22.9 Å². The fourth-order valence-electron chi connectivity index (χ4n) is 6.67. The summed E-state index contributed by atoms with van der Waals surface area (Å²) in [6, 6.07) is 6.72.